The summed E-state index contributed by atoms with van der Waals surface area (Å²) < 4.78 is 62.6. The van der Waals surface area contributed by atoms with Crippen LogP contribution in [-0.2, 0) is 0 Å². The van der Waals surface area contributed by atoms with Crippen molar-refractivity contribution >= 4 is 0 Å². The van der Waals surface area contributed by atoms with Crippen molar-refractivity contribution in [3.05, 3.63) is 0 Å². The normalized spacial score (nSPS) is 33.7. The molecule has 0 aromatic carbocycles. The molecule has 1 fully saturated rings. The van der Waals surface area contributed by atoms with Crippen LogP contribution in [0.25, 0.3) is 0 Å². The van der Waals surface area contributed by atoms with Gasteiger partial charge in [-0.1, -0.05) is 6.92 Å². The molecule has 1 unspecified atom stereocenters. The summed E-state index contributed by atoms with van der Waals surface area (Å²) in [4.78, 5) is 0. The second kappa shape index (κ2) is 2.82. The zero-order valence-electron chi connectivity index (χ0n) is 7.22. The van der Waals surface area contributed by atoms with Gasteiger partial charge in [-0.2, -0.15) is 13.2 Å². The van der Waals surface area contributed by atoms with Gasteiger partial charge in [0.15, 0.2) is 0 Å². The Balaban J connectivity index is 2.87. The van der Waals surface area contributed by atoms with E-state index in [1.165, 1.54) is 6.92 Å². The zero-order chi connectivity index (χ0) is 10.3. The molecule has 0 aliphatic heterocycles. The van der Waals surface area contributed by atoms with Crippen LogP contribution in [0.1, 0.15) is 32.6 Å². The molecule has 0 aromatic heterocycles. The molecule has 0 spiro atoms. The van der Waals surface area contributed by atoms with Crippen LogP contribution >= 0.6 is 0 Å². The third kappa shape index (κ3) is 1.79. The van der Waals surface area contributed by atoms with Crippen LogP contribution in [0, 0.1) is 5.41 Å². The Morgan fingerprint density at radius 1 is 1.15 bits per heavy atom. The Labute approximate surface area is 73.1 Å². The van der Waals surface area contributed by atoms with Crippen molar-refractivity contribution in [2.75, 3.05) is 0 Å². The highest BCUT2D eigenvalue weighted by atomic mass is 19.4. The van der Waals surface area contributed by atoms with E-state index in [9.17, 15) is 22.0 Å². The largest absolute Gasteiger partial charge is 0.394 e. The first kappa shape index (κ1) is 10.7. The van der Waals surface area contributed by atoms with Crippen LogP contribution in [0.5, 0.6) is 0 Å². The summed E-state index contributed by atoms with van der Waals surface area (Å²) in [5.41, 5.74) is -2.14. The molecule has 0 amide bonds. The third-order valence-corrected chi connectivity index (χ3v) is 2.84. The molecule has 0 saturated heterocycles. The minimum Gasteiger partial charge on any atom is -0.207 e. The van der Waals surface area contributed by atoms with Gasteiger partial charge in [-0.3, -0.25) is 0 Å². The lowest BCUT2D eigenvalue weighted by Gasteiger charge is -2.30. The van der Waals surface area contributed by atoms with Crippen LogP contribution in [0.4, 0.5) is 22.0 Å². The Kier molecular flexibility index (Phi) is 2.33. The standard InChI is InChI=1S/C8H11F5/c1-2-6(8(11,12)13)3-4-7(9,10)5-6/h2-5H2,1H3. The van der Waals surface area contributed by atoms with Crippen molar-refractivity contribution in [2.24, 2.45) is 5.41 Å². The van der Waals surface area contributed by atoms with Gasteiger partial charge in [-0.15, -0.1) is 0 Å². The van der Waals surface area contributed by atoms with Gasteiger partial charge in [-0.05, 0) is 12.8 Å². The molecule has 1 aliphatic carbocycles. The number of hydrogen-bond donors (Lipinski definition) is 0. The fourth-order valence-corrected chi connectivity index (χ4v) is 1.84. The molecule has 1 atom stereocenters. The zero-order valence-corrected chi connectivity index (χ0v) is 7.22. The van der Waals surface area contributed by atoms with E-state index in [-0.39, 0.29) is 6.42 Å². The van der Waals surface area contributed by atoms with Crippen molar-refractivity contribution in [1.29, 1.82) is 0 Å². The summed E-state index contributed by atoms with van der Waals surface area (Å²) in [5.74, 6) is -3.13. The van der Waals surface area contributed by atoms with Gasteiger partial charge < -0.3 is 0 Å². The van der Waals surface area contributed by atoms with E-state index in [1.54, 1.807) is 0 Å². The van der Waals surface area contributed by atoms with Crippen LogP contribution in [-0.4, -0.2) is 12.1 Å². The predicted molar refractivity (Wildman–Crippen MR) is 37.6 cm³/mol. The molecule has 0 bridgehead atoms. The molecule has 1 rings (SSSR count). The average Bonchev–Trinajstić information content (AvgIpc) is 2.26. The first-order valence-electron chi connectivity index (χ1n) is 4.17. The van der Waals surface area contributed by atoms with Crippen LogP contribution in [0.2, 0.25) is 0 Å². The van der Waals surface area contributed by atoms with Crippen molar-refractivity contribution in [2.45, 2.75) is 44.7 Å². The molecule has 5 heteroatoms. The summed E-state index contributed by atoms with van der Waals surface area (Å²) in [6.07, 6.45) is -6.88. The summed E-state index contributed by atoms with van der Waals surface area (Å²) >= 11 is 0. The number of alkyl halides is 5. The van der Waals surface area contributed by atoms with E-state index in [0.29, 0.717) is 0 Å². The summed E-state index contributed by atoms with van der Waals surface area (Å²) in [6.45, 7) is 1.31. The quantitative estimate of drug-likeness (QED) is 0.568. The van der Waals surface area contributed by atoms with Crippen LogP contribution in [0.3, 0.4) is 0 Å². The fourth-order valence-electron chi connectivity index (χ4n) is 1.84. The van der Waals surface area contributed by atoms with Gasteiger partial charge in [-0.25, -0.2) is 8.78 Å². The molecule has 0 heterocycles. The highest BCUT2D eigenvalue weighted by Gasteiger charge is 2.61. The van der Waals surface area contributed by atoms with Gasteiger partial charge in [0.2, 0.25) is 5.92 Å². The van der Waals surface area contributed by atoms with Crippen molar-refractivity contribution in [3.8, 4) is 0 Å². The molecule has 13 heavy (non-hydrogen) atoms. The Bertz CT molecular complexity index is 195. The van der Waals surface area contributed by atoms with Gasteiger partial charge in [0.1, 0.15) is 0 Å². The second-order valence-electron chi connectivity index (χ2n) is 3.66. The Morgan fingerprint density at radius 2 is 1.69 bits per heavy atom. The van der Waals surface area contributed by atoms with E-state index >= 15 is 0 Å². The van der Waals surface area contributed by atoms with Crippen LogP contribution < -0.4 is 0 Å². The number of halogens is 5. The maximum absolute atomic E-state index is 12.7. The first-order valence-corrected chi connectivity index (χ1v) is 4.17. The smallest absolute Gasteiger partial charge is 0.207 e. The van der Waals surface area contributed by atoms with E-state index in [4.69, 9.17) is 0 Å². The van der Waals surface area contributed by atoms with E-state index in [2.05, 4.69) is 0 Å². The maximum Gasteiger partial charge on any atom is 0.394 e. The topological polar surface area (TPSA) is 0 Å². The van der Waals surface area contributed by atoms with Crippen molar-refractivity contribution in [1.82, 2.24) is 0 Å². The second-order valence-corrected chi connectivity index (χ2v) is 3.66. The molecule has 78 valence electrons. The summed E-state index contributed by atoms with van der Waals surface area (Å²) in [6, 6.07) is 0. The lowest BCUT2D eigenvalue weighted by molar-refractivity contribution is -0.229. The molecule has 0 N–H and O–H groups in total. The third-order valence-electron chi connectivity index (χ3n) is 2.84. The molecule has 0 radical (unpaired) electrons. The molecular weight excluding hydrogens is 191 g/mol. The highest BCUT2D eigenvalue weighted by molar-refractivity contribution is 4.96. The minimum atomic E-state index is -4.50. The molecule has 1 aliphatic rings. The lowest BCUT2D eigenvalue weighted by atomic mass is 9.82. The average molecular weight is 202 g/mol. The van der Waals surface area contributed by atoms with E-state index < -0.39 is 36.8 Å². The first-order chi connectivity index (χ1) is 5.72. The van der Waals surface area contributed by atoms with Crippen molar-refractivity contribution in [3.63, 3.8) is 0 Å². The van der Waals surface area contributed by atoms with Gasteiger partial charge >= 0.3 is 6.18 Å². The maximum atomic E-state index is 12.7. The highest BCUT2D eigenvalue weighted by Crippen LogP contribution is 2.57. The Hall–Kier alpha value is -0.350. The summed E-state index contributed by atoms with van der Waals surface area (Å²) in [5, 5.41) is 0. The molecule has 0 nitrogen and oxygen atoms in total. The van der Waals surface area contributed by atoms with Crippen LogP contribution in [0.15, 0.2) is 0 Å². The summed E-state index contributed by atoms with van der Waals surface area (Å²) in [7, 11) is 0. The molecule has 1 saturated carbocycles. The lowest BCUT2D eigenvalue weighted by Crippen LogP contribution is -2.36. The SMILES string of the molecule is CCC1(C(F)(F)F)CCC(F)(F)C1. The Morgan fingerprint density at radius 3 is 1.85 bits per heavy atom. The van der Waals surface area contributed by atoms with Crippen molar-refractivity contribution < 1.29 is 22.0 Å². The minimum absolute atomic E-state index is 0.258. The van der Waals surface area contributed by atoms with E-state index in [1.807, 2.05) is 0 Å². The fraction of sp³-hybridized carbons (Fsp3) is 1.00. The monoisotopic (exact) mass is 202 g/mol. The van der Waals surface area contributed by atoms with Gasteiger partial charge in [0, 0.05) is 12.8 Å². The number of hydrogen-bond acceptors (Lipinski definition) is 0. The molecule has 0 aromatic rings. The predicted octanol–water partition coefficient (Wildman–Crippen LogP) is 3.76. The van der Waals surface area contributed by atoms with Gasteiger partial charge in [0.05, 0.1) is 5.41 Å². The number of rotatable bonds is 1. The van der Waals surface area contributed by atoms with E-state index in [0.717, 1.165) is 0 Å². The molecular formula is C8H11F5. The van der Waals surface area contributed by atoms with Gasteiger partial charge in [0.25, 0.3) is 0 Å².